The van der Waals surface area contributed by atoms with Crippen LogP contribution in [0.4, 0.5) is 0 Å². The number of hydrogen-bond donors (Lipinski definition) is 1. The van der Waals surface area contributed by atoms with Crippen LogP contribution in [0.15, 0.2) is 71.6 Å². The fourth-order valence-electron chi connectivity index (χ4n) is 3.31. The molecule has 0 bridgehead atoms. The van der Waals surface area contributed by atoms with Gasteiger partial charge in [0.15, 0.2) is 11.5 Å². The fourth-order valence-corrected chi connectivity index (χ4v) is 4.32. The van der Waals surface area contributed by atoms with Gasteiger partial charge in [0.1, 0.15) is 0 Å². The van der Waals surface area contributed by atoms with E-state index < -0.39 is 0 Å². The quantitative estimate of drug-likeness (QED) is 0.368. The van der Waals surface area contributed by atoms with Gasteiger partial charge in [-0.3, -0.25) is 4.79 Å². The SMILES string of the molecule is CCOc1ccc(C(C)NC(=O)c2ccccc2SCc2ccc(C#N)cc2)cc1OCC. The Balaban J connectivity index is 1.71. The first-order chi connectivity index (χ1) is 16.0. The van der Waals surface area contributed by atoms with Crippen LogP contribution in [-0.4, -0.2) is 19.1 Å². The summed E-state index contributed by atoms with van der Waals surface area (Å²) in [6.07, 6.45) is 0. The normalized spacial score (nSPS) is 11.3. The summed E-state index contributed by atoms with van der Waals surface area (Å²) in [5.74, 6) is 1.96. The lowest BCUT2D eigenvalue weighted by atomic mass is 10.1. The summed E-state index contributed by atoms with van der Waals surface area (Å²) in [5, 5.41) is 12.1. The molecule has 0 saturated heterocycles. The number of amides is 1. The Morgan fingerprint density at radius 2 is 1.70 bits per heavy atom. The highest BCUT2D eigenvalue weighted by atomic mass is 32.2. The number of thioether (sulfide) groups is 1. The number of benzene rings is 3. The van der Waals surface area contributed by atoms with Crippen molar-refractivity contribution in [1.82, 2.24) is 5.32 Å². The van der Waals surface area contributed by atoms with Crippen molar-refractivity contribution in [3.05, 3.63) is 89.0 Å². The van der Waals surface area contributed by atoms with Crippen LogP contribution < -0.4 is 14.8 Å². The Labute approximate surface area is 199 Å². The highest BCUT2D eigenvalue weighted by Gasteiger charge is 2.17. The predicted octanol–water partition coefficient (Wildman–Crippen LogP) is 6.14. The fraction of sp³-hybridized carbons (Fsp3) is 0.259. The van der Waals surface area contributed by atoms with Gasteiger partial charge in [-0.05, 0) is 68.3 Å². The van der Waals surface area contributed by atoms with Crippen molar-refractivity contribution >= 4 is 17.7 Å². The maximum atomic E-state index is 13.1. The third kappa shape index (κ3) is 6.53. The van der Waals surface area contributed by atoms with Gasteiger partial charge in [-0.1, -0.05) is 30.3 Å². The standard InChI is InChI=1S/C27H28N2O3S/c1-4-31-24-15-14-22(16-25(24)32-5-2)19(3)29-27(30)23-8-6-7-9-26(23)33-18-21-12-10-20(17-28)11-13-21/h6-16,19H,4-5,18H2,1-3H3,(H,29,30). The average molecular weight is 461 g/mol. The molecular formula is C27H28N2O3S. The Morgan fingerprint density at radius 1 is 1.00 bits per heavy atom. The number of carbonyl (C=O) groups is 1. The summed E-state index contributed by atoms with van der Waals surface area (Å²) >= 11 is 1.60. The largest absolute Gasteiger partial charge is 0.490 e. The molecule has 0 aromatic heterocycles. The molecule has 5 nitrogen and oxygen atoms in total. The van der Waals surface area contributed by atoms with Crippen LogP contribution in [0.25, 0.3) is 0 Å². The molecule has 0 aliphatic rings. The molecule has 33 heavy (non-hydrogen) atoms. The summed E-state index contributed by atoms with van der Waals surface area (Å²) in [4.78, 5) is 14.0. The Hall–Kier alpha value is -3.43. The van der Waals surface area contributed by atoms with E-state index in [4.69, 9.17) is 14.7 Å². The van der Waals surface area contributed by atoms with Gasteiger partial charge >= 0.3 is 0 Å². The number of hydrogen-bond acceptors (Lipinski definition) is 5. The molecule has 0 heterocycles. The molecule has 1 amide bonds. The Morgan fingerprint density at radius 3 is 2.39 bits per heavy atom. The Bertz CT molecular complexity index is 1120. The lowest BCUT2D eigenvalue weighted by Gasteiger charge is -2.18. The van der Waals surface area contributed by atoms with E-state index in [2.05, 4.69) is 11.4 Å². The summed E-state index contributed by atoms with van der Waals surface area (Å²) in [6, 6.07) is 22.8. The maximum Gasteiger partial charge on any atom is 0.252 e. The smallest absolute Gasteiger partial charge is 0.252 e. The van der Waals surface area contributed by atoms with E-state index in [1.807, 2.05) is 87.5 Å². The second-order valence-electron chi connectivity index (χ2n) is 7.36. The molecule has 3 aromatic rings. The predicted molar refractivity (Wildman–Crippen MR) is 132 cm³/mol. The van der Waals surface area contributed by atoms with Gasteiger partial charge in [-0.2, -0.15) is 5.26 Å². The van der Waals surface area contributed by atoms with Crippen molar-refractivity contribution in [2.75, 3.05) is 13.2 Å². The minimum Gasteiger partial charge on any atom is -0.490 e. The third-order valence-corrected chi connectivity index (χ3v) is 6.17. The molecule has 0 aliphatic carbocycles. The first-order valence-corrected chi connectivity index (χ1v) is 12.0. The van der Waals surface area contributed by atoms with E-state index in [9.17, 15) is 4.79 Å². The zero-order valence-electron chi connectivity index (χ0n) is 19.1. The minimum absolute atomic E-state index is 0.128. The summed E-state index contributed by atoms with van der Waals surface area (Å²) in [7, 11) is 0. The van der Waals surface area contributed by atoms with Crippen LogP contribution in [0.1, 0.15) is 53.9 Å². The molecule has 1 unspecified atom stereocenters. The molecule has 0 saturated carbocycles. The van der Waals surface area contributed by atoms with Gasteiger partial charge < -0.3 is 14.8 Å². The summed E-state index contributed by atoms with van der Waals surface area (Å²) < 4.78 is 11.4. The van der Waals surface area contributed by atoms with Crippen molar-refractivity contribution in [2.45, 2.75) is 37.5 Å². The van der Waals surface area contributed by atoms with E-state index in [0.29, 0.717) is 41.6 Å². The lowest BCUT2D eigenvalue weighted by molar-refractivity contribution is 0.0937. The average Bonchev–Trinajstić information content (AvgIpc) is 2.84. The van der Waals surface area contributed by atoms with Crippen LogP contribution in [-0.2, 0) is 5.75 Å². The van der Waals surface area contributed by atoms with Crippen LogP contribution in [0.3, 0.4) is 0 Å². The van der Waals surface area contributed by atoms with Gasteiger partial charge in [0.05, 0.1) is 36.5 Å². The lowest BCUT2D eigenvalue weighted by Crippen LogP contribution is -2.27. The molecular weight excluding hydrogens is 432 g/mol. The topological polar surface area (TPSA) is 71.3 Å². The second kappa shape index (κ2) is 12.0. The number of carbonyl (C=O) groups excluding carboxylic acids is 1. The van der Waals surface area contributed by atoms with Crippen molar-refractivity contribution in [2.24, 2.45) is 0 Å². The number of nitrogens with one attached hydrogen (secondary N) is 1. The molecule has 0 radical (unpaired) electrons. The van der Waals surface area contributed by atoms with Gasteiger partial charge in [-0.15, -0.1) is 11.8 Å². The van der Waals surface area contributed by atoms with Gasteiger partial charge in [-0.25, -0.2) is 0 Å². The number of ether oxygens (including phenoxy) is 2. The van der Waals surface area contributed by atoms with E-state index in [1.165, 1.54) is 0 Å². The van der Waals surface area contributed by atoms with Crippen molar-refractivity contribution in [1.29, 1.82) is 5.26 Å². The van der Waals surface area contributed by atoms with E-state index >= 15 is 0 Å². The molecule has 3 rings (SSSR count). The van der Waals surface area contributed by atoms with E-state index in [0.717, 1.165) is 16.0 Å². The molecule has 170 valence electrons. The molecule has 1 N–H and O–H groups in total. The first-order valence-electron chi connectivity index (χ1n) is 11.0. The summed E-state index contributed by atoms with van der Waals surface area (Å²) in [5.41, 5.74) is 3.32. The van der Waals surface area contributed by atoms with Gasteiger partial charge in [0, 0.05) is 10.6 Å². The van der Waals surface area contributed by atoms with E-state index in [-0.39, 0.29) is 11.9 Å². The highest BCUT2D eigenvalue weighted by Crippen LogP contribution is 2.31. The highest BCUT2D eigenvalue weighted by molar-refractivity contribution is 7.98. The van der Waals surface area contributed by atoms with Crippen LogP contribution in [0.5, 0.6) is 11.5 Å². The Kier molecular flexibility index (Phi) is 8.79. The van der Waals surface area contributed by atoms with Crippen molar-refractivity contribution in [3.63, 3.8) is 0 Å². The first kappa shape index (κ1) is 24.2. The van der Waals surface area contributed by atoms with E-state index in [1.54, 1.807) is 11.8 Å². The second-order valence-corrected chi connectivity index (χ2v) is 8.38. The van der Waals surface area contributed by atoms with Crippen molar-refractivity contribution in [3.8, 4) is 17.6 Å². The third-order valence-electron chi connectivity index (χ3n) is 5.02. The monoisotopic (exact) mass is 460 g/mol. The zero-order valence-corrected chi connectivity index (χ0v) is 19.9. The van der Waals surface area contributed by atoms with Crippen LogP contribution in [0, 0.1) is 11.3 Å². The molecule has 0 fully saturated rings. The number of nitrogens with zero attached hydrogens (tertiary/aromatic N) is 1. The number of rotatable bonds is 10. The van der Waals surface area contributed by atoms with Crippen LogP contribution in [0.2, 0.25) is 0 Å². The zero-order chi connectivity index (χ0) is 23.6. The van der Waals surface area contributed by atoms with Gasteiger partial charge in [0.25, 0.3) is 5.91 Å². The van der Waals surface area contributed by atoms with Crippen molar-refractivity contribution < 1.29 is 14.3 Å². The van der Waals surface area contributed by atoms with Gasteiger partial charge in [0.2, 0.25) is 0 Å². The molecule has 1 atom stereocenters. The molecule has 0 spiro atoms. The molecule has 3 aromatic carbocycles. The maximum absolute atomic E-state index is 13.1. The minimum atomic E-state index is -0.205. The number of nitriles is 1. The molecule has 6 heteroatoms. The summed E-state index contributed by atoms with van der Waals surface area (Å²) in [6.45, 7) is 6.91. The van der Waals surface area contributed by atoms with Crippen LogP contribution >= 0.6 is 11.8 Å². The molecule has 0 aliphatic heterocycles.